The van der Waals surface area contributed by atoms with Gasteiger partial charge in [-0.25, -0.2) is 0 Å². The van der Waals surface area contributed by atoms with Gasteiger partial charge in [0.25, 0.3) is 0 Å². The number of hydrogen-bond acceptors (Lipinski definition) is 3. The van der Waals surface area contributed by atoms with Crippen LogP contribution in [0.4, 0.5) is 0 Å². The van der Waals surface area contributed by atoms with Crippen molar-refractivity contribution in [1.29, 1.82) is 0 Å². The molecule has 2 aliphatic carbocycles. The lowest BCUT2D eigenvalue weighted by molar-refractivity contribution is -0.161. The van der Waals surface area contributed by atoms with Gasteiger partial charge in [-0.15, -0.1) is 0 Å². The van der Waals surface area contributed by atoms with Gasteiger partial charge in [0.1, 0.15) is 0 Å². The van der Waals surface area contributed by atoms with Crippen molar-refractivity contribution in [2.24, 2.45) is 35.5 Å². The van der Waals surface area contributed by atoms with Crippen molar-refractivity contribution in [1.82, 2.24) is 0 Å². The molecule has 4 nitrogen and oxygen atoms in total. The predicted octanol–water partition coefficient (Wildman–Crippen LogP) is 6.86. The molecule has 174 valence electrons. The van der Waals surface area contributed by atoms with E-state index in [0.29, 0.717) is 31.3 Å². The van der Waals surface area contributed by atoms with Crippen LogP contribution in [0.2, 0.25) is 0 Å². The summed E-state index contributed by atoms with van der Waals surface area (Å²) in [5, 5.41) is 9.46. The molecule has 6 unspecified atom stereocenters. The summed E-state index contributed by atoms with van der Waals surface area (Å²) in [6.45, 7) is 7.35. The molecule has 2 fully saturated rings. The molecule has 0 aromatic heterocycles. The van der Waals surface area contributed by atoms with Crippen LogP contribution >= 0.6 is 0 Å². The van der Waals surface area contributed by atoms with Crippen LogP contribution in [-0.2, 0) is 14.3 Å². The molecule has 0 aromatic carbocycles. The summed E-state index contributed by atoms with van der Waals surface area (Å²) in [7, 11) is 0. The van der Waals surface area contributed by atoms with E-state index in [4.69, 9.17) is 4.74 Å². The van der Waals surface area contributed by atoms with Crippen molar-refractivity contribution < 1.29 is 19.4 Å². The first-order valence-corrected chi connectivity index (χ1v) is 12.9. The first-order chi connectivity index (χ1) is 14.5. The molecular formula is C26H46O4. The fraction of sp³-hybridized carbons (Fsp3) is 0.923. The van der Waals surface area contributed by atoms with Gasteiger partial charge in [-0.2, -0.15) is 0 Å². The number of ether oxygens (including phenoxy) is 1. The molecule has 0 spiro atoms. The normalized spacial score (nSPS) is 32.0. The zero-order valence-corrected chi connectivity index (χ0v) is 19.7. The van der Waals surface area contributed by atoms with E-state index in [-0.39, 0.29) is 5.97 Å². The third-order valence-corrected chi connectivity index (χ3v) is 7.91. The minimum atomic E-state index is -0.840. The predicted molar refractivity (Wildman–Crippen MR) is 121 cm³/mol. The first kappa shape index (κ1) is 25.2. The molecule has 0 bridgehead atoms. The third-order valence-electron chi connectivity index (χ3n) is 7.91. The largest absolute Gasteiger partial charge is 0.481 e. The maximum atomic E-state index is 12.7. The number of carbonyl (C=O) groups excluding carboxylic acids is 1. The Hall–Kier alpha value is -1.06. The lowest BCUT2D eigenvalue weighted by atomic mass is 9.66. The van der Waals surface area contributed by atoms with Gasteiger partial charge in [-0.1, -0.05) is 85.0 Å². The summed E-state index contributed by atoms with van der Waals surface area (Å²) in [5.74, 6) is 0.471. The number of carboxylic acid groups (broad SMARTS) is 1. The summed E-state index contributed by atoms with van der Waals surface area (Å²) >= 11 is 0. The number of unbranched alkanes of at least 4 members (excludes halogenated alkanes) is 4. The van der Waals surface area contributed by atoms with E-state index in [0.717, 1.165) is 24.7 Å². The molecule has 0 saturated heterocycles. The van der Waals surface area contributed by atoms with Gasteiger partial charge in [0.15, 0.2) is 0 Å². The Morgan fingerprint density at radius 2 is 1.50 bits per heavy atom. The van der Waals surface area contributed by atoms with Gasteiger partial charge in [-0.3, -0.25) is 9.59 Å². The van der Waals surface area contributed by atoms with E-state index in [1.165, 1.54) is 64.2 Å². The second-order valence-electron chi connectivity index (χ2n) is 10.2. The van der Waals surface area contributed by atoms with Crippen LogP contribution in [0.1, 0.15) is 111 Å². The lowest BCUT2D eigenvalue weighted by Gasteiger charge is -2.40. The van der Waals surface area contributed by atoms with E-state index in [1.807, 2.05) is 0 Å². The Balaban J connectivity index is 1.87. The van der Waals surface area contributed by atoms with E-state index in [1.54, 1.807) is 0 Å². The maximum absolute atomic E-state index is 12.7. The van der Waals surface area contributed by atoms with Crippen LogP contribution in [0, 0.1) is 35.5 Å². The average molecular weight is 423 g/mol. The molecule has 4 heteroatoms. The minimum Gasteiger partial charge on any atom is -0.481 e. The van der Waals surface area contributed by atoms with Crippen LogP contribution in [0.15, 0.2) is 0 Å². The van der Waals surface area contributed by atoms with Crippen LogP contribution in [-0.4, -0.2) is 23.7 Å². The van der Waals surface area contributed by atoms with Gasteiger partial charge in [-0.05, 0) is 49.4 Å². The topological polar surface area (TPSA) is 63.6 Å². The fourth-order valence-electron chi connectivity index (χ4n) is 6.00. The number of carbonyl (C=O) groups is 2. The number of aliphatic carboxylic acids is 1. The van der Waals surface area contributed by atoms with E-state index < -0.39 is 17.8 Å². The second-order valence-corrected chi connectivity index (χ2v) is 10.2. The monoisotopic (exact) mass is 422 g/mol. The van der Waals surface area contributed by atoms with Gasteiger partial charge in [0, 0.05) is 0 Å². The van der Waals surface area contributed by atoms with E-state index in [9.17, 15) is 14.7 Å². The molecule has 2 rings (SSSR count). The highest BCUT2D eigenvalue weighted by atomic mass is 16.5. The average Bonchev–Trinajstić information content (AvgIpc) is 2.74. The molecule has 6 atom stereocenters. The smallest absolute Gasteiger partial charge is 0.309 e. The van der Waals surface area contributed by atoms with Gasteiger partial charge in [0.2, 0.25) is 0 Å². The highest BCUT2D eigenvalue weighted by Crippen LogP contribution is 2.43. The summed E-state index contributed by atoms with van der Waals surface area (Å²) in [6, 6.07) is 0. The molecule has 0 aromatic rings. The Morgan fingerprint density at radius 1 is 0.833 bits per heavy atom. The van der Waals surface area contributed by atoms with Crippen molar-refractivity contribution in [3.05, 3.63) is 0 Å². The molecule has 2 saturated carbocycles. The number of esters is 1. The molecule has 0 aliphatic heterocycles. The summed E-state index contributed by atoms with van der Waals surface area (Å²) in [6.07, 6.45) is 16.1. The maximum Gasteiger partial charge on any atom is 0.309 e. The van der Waals surface area contributed by atoms with Gasteiger partial charge < -0.3 is 9.84 Å². The Morgan fingerprint density at radius 3 is 2.17 bits per heavy atom. The molecular weight excluding hydrogens is 376 g/mol. The second kappa shape index (κ2) is 13.4. The molecule has 0 amide bonds. The molecule has 0 heterocycles. The zero-order valence-electron chi connectivity index (χ0n) is 19.7. The third kappa shape index (κ3) is 7.57. The van der Waals surface area contributed by atoms with Crippen LogP contribution < -0.4 is 0 Å². The number of carboxylic acids is 1. The Kier molecular flexibility index (Phi) is 11.2. The first-order valence-electron chi connectivity index (χ1n) is 12.9. The quantitative estimate of drug-likeness (QED) is 0.276. The van der Waals surface area contributed by atoms with Crippen molar-refractivity contribution >= 4 is 11.9 Å². The standard InChI is InChI=1S/C26H46O4/c1-4-6-7-8-9-13-21-17-22(19(3)16-20(21)12-5-2)18-30-26(29)24-15-11-10-14-23(24)25(27)28/h19-24H,4-18H2,1-3H3,(H,27,28). The highest BCUT2D eigenvalue weighted by Gasteiger charge is 2.38. The van der Waals surface area contributed by atoms with Crippen molar-refractivity contribution in [3.63, 3.8) is 0 Å². The van der Waals surface area contributed by atoms with Gasteiger partial charge >= 0.3 is 11.9 Å². The Bertz CT molecular complexity index is 517. The minimum absolute atomic E-state index is 0.263. The van der Waals surface area contributed by atoms with Crippen LogP contribution in [0.25, 0.3) is 0 Å². The van der Waals surface area contributed by atoms with E-state index >= 15 is 0 Å². The van der Waals surface area contributed by atoms with Gasteiger partial charge in [0.05, 0.1) is 18.4 Å². The van der Waals surface area contributed by atoms with Crippen molar-refractivity contribution in [2.75, 3.05) is 6.61 Å². The molecule has 0 radical (unpaired) electrons. The summed E-state index contributed by atoms with van der Waals surface area (Å²) in [4.78, 5) is 24.2. The highest BCUT2D eigenvalue weighted by molar-refractivity contribution is 5.81. The molecule has 30 heavy (non-hydrogen) atoms. The fourth-order valence-corrected chi connectivity index (χ4v) is 6.00. The van der Waals surface area contributed by atoms with Crippen molar-refractivity contribution in [3.8, 4) is 0 Å². The zero-order chi connectivity index (χ0) is 21.9. The SMILES string of the molecule is CCCCCCCC1CC(COC(=O)C2CCCCC2C(=O)O)C(C)CC1CCC. The summed E-state index contributed by atoms with van der Waals surface area (Å²) in [5.41, 5.74) is 0. The number of hydrogen-bond donors (Lipinski definition) is 1. The Labute approximate surface area is 184 Å². The molecule has 1 N–H and O–H groups in total. The lowest BCUT2D eigenvalue weighted by Crippen LogP contribution is -2.37. The van der Waals surface area contributed by atoms with Crippen LogP contribution in [0.5, 0.6) is 0 Å². The molecule has 2 aliphatic rings. The van der Waals surface area contributed by atoms with E-state index in [2.05, 4.69) is 20.8 Å². The van der Waals surface area contributed by atoms with Crippen LogP contribution in [0.3, 0.4) is 0 Å². The summed E-state index contributed by atoms with van der Waals surface area (Å²) < 4.78 is 5.77. The van der Waals surface area contributed by atoms with Crippen molar-refractivity contribution in [2.45, 2.75) is 111 Å². The number of rotatable bonds is 12.